The second kappa shape index (κ2) is 7.83. The lowest BCUT2D eigenvalue weighted by molar-refractivity contribution is -0.383. The van der Waals surface area contributed by atoms with Crippen LogP contribution in [0.4, 0.5) is 16.2 Å². The Kier molecular flexibility index (Phi) is 6.20. The molecule has 2 rings (SSSR count). The summed E-state index contributed by atoms with van der Waals surface area (Å²) in [5.74, 6) is 0. The minimum absolute atomic E-state index is 0.0945. The molecule has 29 heavy (non-hydrogen) atoms. The number of nitro benzene ring substituents is 1. The van der Waals surface area contributed by atoms with Crippen molar-refractivity contribution in [2.24, 2.45) is 0 Å². The maximum atomic E-state index is 11.5. The lowest BCUT2D eigenvalue weighted by atomic mass is 9.79. The van der Waals surface area contributed by atoms with Gasteiger partial charge in [-0.3, -0.25) is 10.1 Å². The number of amides is 1. The number of carbonyl (C=O) groups is 1. The molecule has 0 bridgehead atoms. The number of benzene rings is 1. The summed E-state index contributed by atoms with van der Waals surface area (Å²) in [6, 6.07) is 4.65. The number of nitrogens with one attached hydrogen (secondary N) is 1. The zero-order valence-electron chi connectivity index (χ0n) is 18.1. The summed E-state index contributed by atoms with van der Waals surface area (Å²) in [5, 5.41) is 23.8. The maximum absolute atomic E-state index is 11.5. The average Bonchev–Trinajstić information content (AvgIpc) is 2.77. The molecule has 1 fully saturated rings. The van der Waals surface area contributed by atoms with Crippen LogP contribution >= 0.6 is 0 Å². The van der Waals surface area contributed by atoms with Crippen LogP contribution < -0.4 is 10.8 Å². The Bertz CT molecular complexity index is 775. The molecule has 0 saturated carbocycles. The van der Waals surface area contributed by atoms with Crippen molar-refractivity contribution < 1.29 is 24.1 Å². The van der Waals surface area contributed by atoms with Crippen LogP contribution in [0.15, 0.2) is 18.2 Å². The fourth-order valence-electron chi connectivity index (χ4n) is 3.00. The van der Waals surface area contributed by atoms with Crippen molar-refractivity contribution in [3.05, 3.63) is 28.3 Å². The lowest BCUT2D eigenvalue weighted by Crippen LogP contribution is -2.47. The molecule has 0 unspecified atom stereocenters. The molecular formula is C19H30BN3O6. The van der Waals surface area contributed by atoms with Crippen molar-refractivity contribution in [1.29, 1.82) is 0 Å². The number of hydrogen-bond acceptors (Lipinski definition) is 6. The second-order valence-electron chi connectivity index (χ2n) is 9.15. The first-order valence-electron chi connectivity index (χ1n) is 9.54. The highest BCUT2D eigenvalue weighted by Crippen LogP contribution is 2.37. The summed E-state index contributed by atoms with van der Waals surface area (Å²) in [4.78, 5) is 23.7. The molecular weight excluding hydrogens is 377 g/mol. The second-order valence-corrected chi connectivity index (χ2v) is 9.15. The van der Waals surface area contributed by atoms with Crippen molar-refractivity contribution in [3.63, 3.8) is 0 Å². The Balaban J connectivity index is 2.22. The van der Waals surface area contributed by atoms with E-state index in [1.165, 1.54) is 11.0 Å². The number of nitrogens with zero attached hydrogens (tertiary/aromatic N) is 2. The van der Waals surface area contributed by atoms with Crippen LogP contribution in [0.2, 0.25) is 0 Å². The van der Waals surface area contributed by atoms with E-state index in [0.29, 0.717) is 11.2 Å². The Morgan fingerprint density at radius 1 is 1.24 bits per heavy atom. The molecule has 0 atom stereocenters. The van der Waals surface area contributed by atoms with Gasteiger partial charge >= 0.3 is 13.2 Å². The van der Waals surface area contributed by atoms with Crippen LogP contribution in [0.25, 0.3) is 0 Å². The molecule has 160 valence electrons. The molecule has 9 nitrogen and oxygen atoms in total. The van der Waals surface area contributed by atoms with E-state index in [4.69, 9.17) is 9.31 Å². The van der Waals surface area contributed by atoms with E-state index in [1.54, 1.807) is 32.9 Å². The van der Waals surface area contributed by atoms with Crippen molar-refractivity contribution in [1.82, 2.24) is 4.90 Å². The molecule has 1 aliphatic rings. The van der Waals surface area contributed by atoms with Crippen molar-refractivity contribution in [3.8, 4) is 0 Å². The predicted octanol–water partition coefficient (Wildman–Crippen LogP) is 3.08. The molecule has 0 aromatic heterocycles. The first-order valence-corrected chi connectivity index (χ1v) is 9.54. The molecule has 1 aromatic rings. The van der Waals surface area contributed by atoms with E-state index >= 15 is 0 Å². The first kappa shape index (κ1) is 23.0. The van der Waals surface area contributed by atoms with Gasteiger partial charge in [-0.2, -0.15) is 0 Å². The molecule has 0 spiro atoms. The molecule has 1 amide bonds. The van der Waals surface area contributed by atoms with Crippen molar-refractivity contribution in [2.75, 3.05) is 18.4 Å². The zero-order valence-corrected chi connectivity index (χ0v) is 18.1. The van der Waals surface area contributed by atoms with E-state index in [1.807, 2.05) is 27.7 Å². The number of nitro groups is 1. The summed E-state index contributed by atoms with van der Waals surface area (Å²) in [7, 11) is -0.647. The highest BCUT2D eigenvalue weighted by Gasteiger charge is 2.51. The van der Waals surface area contributed by atoms with Gasteiger partial charge in [0, 0.05) is 24.7 Å². The van der Waals surface area contributed by atoms with Gasteiger partial charge in [-0.15, -0.1) is 0 Å². The average molecular weight is 407 g/mol. The predicted molar refractivity (Wildman–Crippen MR) is 112 cm³/mol. The Hall–Kier alpha value is -2.33. The third kappa shape index (κ3) is 5.00. The molecule has 1 saturated heterocycles. The van der Waals surface area contributed by atoms with Crippen LogP contribution in [-0.4, -0.2) is 58.0 Å². The van der Waals surface area contributed by atoms with Crippen molar-refractivity contribution >= 4 is 30.0 Å². The molecule has 1 heterocycles. The van der Waals surface area contributed by atoms with Gasteiger partial charge in [0.2, 0.25) is 0 Å². The Morgan fingerprint density at radius 2 is 1.79 bits per heavy atom. The molecule has 1 aromatic carbocycles. The summed E-state index contributed by atoms with van der Waals surface area (Å²) < 4.78 is 12.0. The van der Waals surface area contributed by atoms with Crippen LogP contribution in [-0.2, 0) is 9.31 Å². The molecule has 1 aliphatic heterocycles. The lowest BCUT2D eigenvalue weighted by Gasteiger charge is -2.33. The Morgan fingerprint density at radius 3 is 2.24 bits per heavy atom. The van der Waals surface area contributed by atoms with Crippen LogP contribution in [0.3, 0.4) is 0 Å². The molecule has 10 heteroatoms. The van der Waals surface area contributed by atoms with Crippen LogP contribution in [0.1, 0.15) is 48.5 Å². The van der Waals surface area contributed by atoms with Crippen LogP contribution in [0, 0.1) is 10.1 Å². The van der Waals surface area contributed by atoms with E-state index < -0.39 is 34.9 Å². The first-order chi connectivity index (χ1) is 13.2. The monoisotopic (exact) mass is 407 g/mol. The highest BCUT2D eigenvalue weighted by molar-refractivity contribution is 6.62. The van der Waals surface area contributed by atoms with Gasteiger partial charge in [-0.1, -0.05) is 6.07 Å². The summed E-state index contributed by atoms with van der Waals surface area (Å²) in [5.41, 5.74) is -0.778. The van der Waals surface area contributed by atoms with Crippen molar-refractivity contribution in [2.45, 2.75) is 65.2 Å². The minimum atomic E-state index is -1.04. The van der Waals surface area contributed by atoms with Gasteiger partial charge in [0.1, 0.15) is 5.69 Å². The number of anilines is 1. The summed E-state index contributed by atoms with van der Waals surface area (Å²) in [6.45, 7) is 13.5. The Labute approximate surface area is 171 Å². The fourth-order valence-corrected chi connectivity index (χ4v) is 3.00. The van der Waals surface area contributed by atoms with Gasteiger partial charge in [0.15, 0.2) is 0 Å². The SMILES string of the molecule is CC(C)(C)N(CCNc1cc(B2OC(C)(C)C(C)(C)O2)ccc1[N+](=O)[O-])C(=O)O. The van der Waals surface area contributed by atoms with Gasteiger partial charge in [-0.05, 0) is 60.0 Å². The highest BCUT2D eigenvalue weighted by atomic mass is 16.7. The molecule has 2 N–H and O–H groups in total. The molecule has 0 aliphatic carbocycles. The molecule has 0 radical (unpaired) electrons. The number of rotatable bonds is 6. The standard InChI is InChI=1S/C19H30BN3O6/c1-17(2,3)22(16(24)25)11-10-21-14-12-13(8-9-15(14)23(26)27)20-28-18(4,5)19(6,7)29-20/h8-9,12,21H,10-11H2,1-7H3,(H,24,25). The van der Waals surface area contributed by atoms with Crippen LogP contribution in [0.5, 0.6) is 0 Å². The van der Waals surface area contributed by atoms with E-state index in [2.05, 4.69) is 5.32 Å². The topological polar surface area (TPSA) is 114 Å². The van der Waals surface area contributed by atoms with E-state index in [0.717, 1.165) is 0 Å². The largest absolute Gasteiger partial charge is 0.494 e. The smallest absolute Gasteiger partial charge is 0.465 e. The van der Waals surface area contributed by atoms with Gasteiger partial charge in [0.05, 0.1) is 16.1 Å². The van der Waals surface area contributed by atoms with E-state index in [9.17, 15) is 20.0 Å². The fraction of sp³-hybridized carbons (Fsp3) is 0.632. The quantitative estimate of drug-likeness (QED) is 0.423. The van der Waals surface area contributed by atoms with Gasteiger partial charge in [0.25, 0.3) is 5.69 Å². The third-order valence-electron chi connectivity index (χ3n) is 5.43. The van der Waals surface area contributed by atoms with Gasteiger partial charge < -0.3 is 24.6 Å². The number of hydrogen-bond donors (Lipinski definition) is 2. The summed E-state index contributed by atoms with van der Waals surface area (Å²) in [6.07, 6.45) is -1.04. The normalized spacial score (nSPS) is 17.8. The van der Waals surface area contributed by atoms with Gasteiger partial charge in [-0.25, -0.2) is 4.79 Å². The minimum Gasteiger partial charge on any atom is -0.465 e. The zero-order chi connectivity index (χ0) is 22.2. The van der Waals surface area contributed by atoms with E-state index in [-0.39, 0.29) is 18.8 Å². The third-order valence-corrected chi connectivity index (χ3v) is 5.43. The summed E-state index contributed by atoms with van der Waals surface area (Å²) >= 11 is 0. The maximum Gasteiger partial charge on any atom is 0.494 e. The number of carboxylic acid groups (broad SMARTS) is 1.